The lowest BCUT2D eigenvalue weighted by molar-refractivity contribution is -0.153. The van der Waals surface area contributed by atoms with Crippen molar-refractivity contribution in [3.63, 3.8) is 0 Å². The highest BCUT2D eigenvalue weighted by Gasteiger charge is 2.22. The number of ether oxygens (including phenoxy) is 1. The third-order valence-corrected chi connectivity index (χ3v) is 3.64. The lowest BCUT2D eigenvalue weighted by atomic mass is 10.1. The van der Waals surface area contributed by atoms with Crippen molar-refractivity contribution < 1.29 is 19.1 Å². The van der Waals surface area contributed by atoms with Crippen molar-refractivity contribution in [2.75, 3.05) is 0 Å². The molecule has 2 aromatic rings. The molecular weight excluding hydrogens is 340 g/mol. The van der Waals surface area contributed by atoms with Gasteiger partial charge in [0.05, 0.1) is 6.42 Å². The van der Waals surface area contributed by atoms with Crippen molar-refractivity contribution in [2.45, 2.75) is 53.2 Å². The van der Waals surface area contributed by atoms with E-state index in [4.69, 9.17) is 4.74 Å². The number of aryl methyl sites for hydroxylation is 2. The molecule has 0 aliphatic rings. The van der Waals surface area contributed by atoms with Crippen LogP contribution < -0.4 is 10.6 Å². The zero-order valence-corrected chi connectivity index (χ0v) is 15.4. The molecule has 0 saturated heterocycles. The number of rotatable bonds is 5. The monoisotopic (exact) mass is 362 g/mol. The van der Waals surface area contributed by atoms with Gasteiger partial charge in [-0.15, -0.1) is 0 Å². The van der Waals surface area contributed by atoms with E-state index in [0.29, 0.717) is 17.0 Å². The van der Waals surface area contributed by atoms with Gasteiger partial charge in [-0.25, -0.2) is 14.3 Å². The summed E-state index contributed by atoms with van der Waals surface area (Å²) in [6, 6.07) is -0.758. The third kappa shape index (κ3) is 4.52. The molecule has 0 radical (unpaired) electrons. The van der Waals surface area contributed by atoms with E-state index < -0.39 is 24.0 Å². The predicted molar refractivity (Wildman–Crippen MR) is 91.3 cm³/mol. The number of amides is 3. The minimum atomic E-state index is -1.11. The zero-order valence-electron chi connectivity index (χ0n) is 15.4. The van der Waals surface area contributed by atoms with Crippen molar-refractivity contribution >= 4 is 23.7 Å². The highest BCUT2D eigenvalue weighted by molar-refractivity contribution is 5.97. The molecule has 1 atom stereocenters. The summed E-state index contributed by atoms with van der Waals surface area (Å²) < 4.78 is 6.65. The van der Waals surface area contributed by atoms with Crippen LogP contribution in [0.4, 0.5) is 4.79 Å². The molecule has 0 saturated carbocycles. The molecule has 0 aliphatic heterocycles. The summed E-state index contributed by atoms with van der Waals surface area (Å²) >= 11 is 0. The number of hydrogen-bond acceptors (Lipinski definition) is 7. The van der Waals surface area contributed by atoms with Crippen LogP contribution in [0.15, 0.2) is 6.33 Å². The lowest BCUT2D eigenvalue weighted by Crippen LogP contribution is -2.46. The molecule has 2 N–H and O–H groups in total. The Morgan fingerprint density at radius 1 is 1.23 bits per heavy atom. The van der Waals surface area contributed by atoms with Gasteiger partial charge in [-0.1, -0.05) is 0 Å². The first-order valence-electron chi connectivity index (χ1n) is 8.15. The van der Waals surface area contributed by atoms with E-state index in [9.17, 15) is 14.4 Å². The van der Waals surface area contributed by atoms with E-state index in [-0.39, 0.29) is 12.5 Å². The van der Waals surface area contributed by atoms with Crippen molar-refractivity contribution in [1.29, 1.82) is 0 Å². The lowest BCUT2D eigenvalue weighted by Gasteiger charge is -2.15. The number of aromatic nitrogens is 4. The van der Waals surface area contributed by atoms with Crippen molar-refractivity contribution in [2.24, 2.45) is 0 Å². The molecule has 10 nitrogen and oxygen atoms in total. The van der Waals surface area contributed by atoms with E-state index in [1.165, 1.54) is 17.8 Å². The summed E-state index contributed by atoms with van der Waals surface area (Å²) in [5, 5.41) is 8.69. The van der Waals surface area contributed by atoms with Crippen LogP contribution in [0.1, 0.15) is 37.7 Å². The Labute approximate surface area is 150 Å². The van der Waals surface area contributed by atoms with Crippen LogP contribution in [0.3, 0.4) is 0 Å². The minimum Gasteiger partial charge on any atom is -0.452 e. The second-order valence-electron chi connectivity index (χ2n) is 6.16. The molecule has 0 aromatic carbocycles. The van der Waals surface area contributed by atoms with Crippen LogP contribution in [-0.4, -0.2) is 49.6 Å². The van der Waals surface area contributed by atoms with Gasteiger partial charge in [-0.05, 0) is 34.6 Å². The molecule has 0 unspecified atom stereocenters. The molecule has 2 rings (SSSR count). The second kappa shape index (κ2) is 7.89. The van der Waals surface area contributed by atoms with Gasteiger partial charge < -0.3 is 10.1 Å². The van der Waals surface area contributed by atoms with E-state index in [2.05, 4.69) is 25.7 Å². The van der Waals surface area contributed by atoms with Gasteiger partial charge >= 0.3 is 12.0 Å². The molecule has 0 spiro atoms. The fraction of sp³-hybridized carbons (Fsp3) is 0.500. The van der Waals surface area contributed by atoms with E-state index >= 15 is 0 Å². The van der Waals surface area contributed by atoms with Crippen LogP contribution >= 0.6 is 0 Å². The van der Waals surface area contributed by atoms with Crippen LogP contribution in [0.2, 0.25) is 0 Å². The van der Waals surface area contributed by atoms with E-state index in [0.717, 1.165) is 5.69 Å². The summed E-state index contributed by atoms with van der Waals surface area (Å²) in [4.78, 5) is 43.9. The number of urea groups is 1. The molecule has 10 heteroatoms. The average molecular weight is 362 g/mol. The van der Waals surface area contributed by atoms with E-state index in [1.807, 2.05) is 0 Å². The molecule has 140 valence electrons. The molecule has 2 heterocycles. The van der Waals surface area contributed by atoms with Gasteiger partial charge in [0.2, 0.25) is 0 Å². The van der Waals surface area contributed by atoms with Crippen molar-refractivity contribution in [1.82, 2.24) is 30.2 Å². The standard InChI is InChI=1S/C16H22N6O4/c1-8(2)19-16(25)21-14(24)11(5)26-13(23)6-12-9(3)20-15-17-7-18-22(15)10(12)4/h7-8,11H,6H2,1-5H3,(H2,19,21,24,25)/t11-/m0/s1. The van der Waals surface area contributed by atoms with Crippen LogP contribution in [-0.2, 0) is 20.7 Å². The predicted octanol–water partition coefficient (Wildman–Crippen LogP) is 0.450. The van der Waals surface area contributed by atoms with Crippen LogP contribution in [0, 0.1) is 13.8 Å². The first-order chi connectivity index (χ1) is 12.2. The number of esters is 1. The van der Waals surface area contributed by atoms with Gasteiger partial charge in [0.25, 0.3) is 11.7 Å². The molecule has 2 aromatic heterocycles. The maximum Gasteiger partial charge on any atom is 0.321 e. The third-order valence-electron chi connectivity index (χ3n) is 3.64. The summed E-state index contributed by atoms with van der Waals surface area (Å²) in [5.41, 5.74) is 2.00. The number of nitrogens with one attached hydrogen (secondary N) is 2. The Bertz CT molecular complexity index is 845. The largest absolute Gasteiger partial charge is 0.452 e. The van der Waals surface area contributed by atoms with Crippen molar-refractivity contribution in [3.05, 3.63) is 23.3 Å². The molecular formula is C16H22N6O4. The molecule has 0 aliphatic carbocycles. The minimum absolute atomic E-state index is 0.0731. The highest BCUT2D eigenvalue weighted by Crippen LogP contribution is 2.14. The summed E-state index contributed by atoms with van der Waals surface area (Å²) in [5.74, 6) is -0.861. The summed E-state index contributed by atoms with van der Waals surface area (Å²) in [6.45, 7) is 8.48. The first kappa shape index (κ1) is 19.3. The molecule has 0 bridgehead atoms. The molecule has 0 fully saturated rings. The number of carbonyl (C=O) groups excluding carboxylic acids is 3. The topological polar surface area (TPSA) is 128 Å². The Morgan fingerprint density at radius 2 is 1.92 bits per heavy atom. The number of nitrogens with zero attached hydrogens (tertiary/aromatic N) is 4. The number of hydrogen-bond donors (Lipinski definition) is 2. The quantitative estimate of drug-likeness (QED) is 0.739. The average Bonchev–Trinajstić information content (AvgIpc) is 2.98. The van der Waals surface area contributed by atoms with Gasteiger partial charge in [0.1, 0.15) is 6.33 Å². The second-order valence-corrected chi connectivity index (χ2v) is 6.16. The normalized spacial score (nSPS) is 12.1. The summed E-state index contributed by atoms with van der Waals surface area (Å²) in [7, 11) is 0. The Balaban J connectivity index is 2.00. The first-order valence-corrected chi connectivity index (χ1v) is 8.15. The Hall–Kier alpha value is -3.04. The fourth-order valence-corrected chi connectivity index (χ4v) is 2.36. The van der Waals surface area contributed by atoms with Gasteiger partial charge in [0.15, 0.2) is 6.10 Å². The van der Waals surface area contributed by atoms with Gasteiger partial charge in [0, 0.05) is 23.0 Å². The summed E-state index contributed by atoms with van der Waals surface area (Å²) in [6.07, 6.45) is 0.200. The Morgan fingerprint density at radius 3 is 2.58 bits per heavy atom. The SMILES string of the molecule is Cc1nc2ncnn2c(C)c1CC(=O)O[C@@H](C)C(=O)NC(=O)NC(C)C. The maximum absolute atomic E-state index is 12.2. The van der Waals surface area contributed by atoms with E-state index in [1.54, 1.807) is 27.7 Å². The number of carbonyl (C=O) groups is 3. The fourth-order valence-electron chi connectivity index (χ4n) is 2.36. The molecule has 26 heavy (non-hydrogen) atoms. The maximum atomic E-state index is 12.2. The zero-order chi connectivity index (χ0) is 19.4. The van der Waals surface area contributed by atoms with Crippen molar-refractivity contribution in [3.8, 4) is 0 Å². The van der Waals surface area contributed by atoms with Gasteiger partial charge in [-0.3, -0.25) is 14.9 Å². The Kier molecular flexibility index (Phi) is 5.86. The molecule has 3 amide bonds. The highest BCUT2D eigenvalue weighted by atomic mass is 16.5. The van der Waals surface area contributed by atoms with Crippen LogP contribution in [0.25, 0.3) is 5.78 Å². The smallest absolute Gasteiger partial charge is 0.321 e. The van der Waals surface area contributed by atoms with Crippen LogP contribution in [0.5, 0.6) is 0 Å². The number of imide groups is 1. The number of fused-ring (bicyclic) bond motifs is 1. The van der Waals surface area contributed by atoms with Gasteiger partial charge in [-0.2, -0.15) is 10.1 Å².